The van der Waals surface area contributed by atoms with Gasteiger partial charge < -0.3 is 15.0 Å². The lowest BCUT2D eigenvalue weighted by molar-refractivity contribution is 0.0767. The molecule has 5 aliphatic rings. The van der Waals surface area contributed by atoms with Crippen molar-refractivity contribution in [2.24, 2.45) is 34.6 Å². The standard InChI is InChI=1S/C19H31N3O/c1-20-19(21-7-6-14-9-12-2-3-13(14)8-12)22-10-15-16(11-22)18-5-4-17(15)23-18/h12-18H,2-11H2,1H3,(H,20,21). The lowest BCUT2D eigenvalue weighted by Crippen LogP contribution is -2.42. The van der Waals surface area contributed by atoms with E-state index in [0.717, 1.165) is 55.2 Å². The molecule has 0 radical (unpaired) electrons. The molecule has 7 unspecified atom stereocenters. The van der Waals surface area contributed by atoms with Crippen molar-refractivity contribution in [1.29, 1.82) is 0 Å². The Hall–Kier alpha value is -0.770. The first-order chi connectivity index (χ1) is 11.3. The highest BCUT2D eigenvalue weighted by molar-refractivity contribution is 5.80. The highest BCUT2D eigenvalue weighted by Crippen LogP contribution is 2.49. The first-order valence-corrected chi connectivity index (χ1v) is 9.93. The number of fused-ring (bicyclic) bond motifs is 7. The molecule has 4 bridgehead atoms. The van der Waals surface area contributed by atoms with E-state index in [4.69, 9.17) is 4.74 Å². The van der Waals surface area contributed by atoms with Crippen LogP contribution < -0.4 is 5.32 Å². The van der Waals surface area contributed by atoms with Crippen LogP contribution in [0.25, 0.3) is 0 Å². The number of nitrogens with zero attached hydrogens (tertiary/aromatic N) is 2. The Kier molecular flexibility index (Phi) is 3.57. The predicted molar refractivity (Wildman–Crippen MR) is 91.4 cm³/mol. The molecule has 4 nitrogen and oxygen atoms in total. The van der Waals surface area contributed by atoms with Crippen LogP contribution in [-0.4, -0.2) is 49.7 Å². The summed E-state index contributed by atoms with van der Waals surface area (Å²) in [4.78, 5) is 7.07. The van der Waals surface area contributed by atoms with Crippen LogP contribution >= 0.6 is 0 Å². The second-order valence-corrected chi connectivity index (χ2v) is 8.72. The van der Waals surface area contributed by atoms with Gasteiger partial charge in [0.2, 0.25) is 0 Å². The maximum atomic E-state index is 6.09. The molecule has 4 heteroatoms. The molecule has 23 heavy (non-hydrogen) atoms. The number of nitrogens with one attached hydrogen (secondary N) is 1. The van der Waals surface area contributed by atoms with Crippen molar-refractivity contribution in [1.82, 2.24) is 10.2 Å². The van der Waals surface area contributed by atoms with Gasteiger partial charge >= 0.3 is 0 Å². The average molecular weight is 317 g/mol. The van der Waals surface area contributed by atoms with E-state index in [1.807, 2.05) is 7.05 Å². The summed E-state index contributed by atoms with van der Waals surface area (Å²) >= 11 is 0. The van der Waals surface area contributed by atoms with E-state index in [2.05, 4.69) is 15.2 Å². The van der Waals surface area contributed by atoms with Crippen molar-refractivity contribution in [2.75, 3.05) is 26.7 Å². The highest BCUT2D eigenvalue weighted by Gasteiger charge is 2.53. The minimum atomic E-state index is 0.544. The third kappa shape index (κ3) is 2.40. The van der Waals surface area contributed by atoms with E-state index < -0.39 is 0 Å². The maximum Gasteiger partial charge on any atom is 0.193 e. The number of hydrogen-bond acceptors (Lipinski definition) is 2. The van der Waals surface area contributed by atoms with Crippen molar-refractivity contribution >= 4 is 5.96 Å². The van der Waals surface area contributed by atoms with Crippen molar-refractivity contribution in [2.45, 2.75) is 57.2 Å². The third-order valence-corrected chi connectivity index (χ3v) is 7.65. The van der Waals surface area contributed by atoms with Gasteiger partial charge in [0.25, 0.3) is 0 Å². The minimum Gasteiger partial charge on any atom is -0.374 e. The van der Waals surface area contributed by atoms with E-state index in [0.29, 0.717) is 12.2 Å². The summed E-state index contributed by atoms with van der Waals surface area (Å²) in [5, 5.41) is 3.67. The molecule has 3 aliphatic heterocycles. The van der Waals surface area contributed by atoms with Gasteiger partial charge in [0.1, 0.15) is 0 Å². The molecule has 0 spiro atoms. The van der Waals surface area contributed by atoms with Crippen LogP contribution in [0.3, 0.4) is 0 Å². The first kappa shape index (κ1) is 14.6. The predicted octanol–water partition coefficient (Wildman–Crippen LogP) is 2.50. The number of hydrogen-bond donors (Lipinski definition) is 1. The molecule has 3 saturated heterocycles. The van der Waals surface area contributed by atoms with E-state index in [1.165, 1.54) is 44.9 Å². The quantitative estimate of drug-likeness (QED) is 0.642. The van der Waals surface area contributed by atoms with Crippen LogP contribution in [0.4, 0.5) is 0 Å². The molecule has 5 rings (SSSR count). The molecular formula is C19H31N3O. The van der Waals surface area contributed by atoms with Gasteiger partial charge in [-0.2, -0.15) is 0 Å². The van der Waals surface area contributed by atoms with Crippen molar-refractivity contribution in [3.05, 3.63) is 0 Å². The molecule has 3 heterocycles. The van der Waals surface area contributed by atoms with Crippen LogP contribution in [0.5, 0.6) is 0 Å². The maximum absolute atomic E-state index is 6.09. The lowest BCUT2D eigenvalue weighted by atomic mass is 9.82. The summed E-state index contributed by atoms with van der Waals surface area (Å²) < 4.78 is 6.09. The van der Waals surface area contributed by atoms with Crippen molar-refractivity contribution in [3.63, 3.8) is 0 Å². The Labute approximate surface area is 140 Å². The van der Waals surface area contributed by atoms with Gasteiger partial charge in [-0.25, -0.2) is 0 Å². The Balaban J connectivity index is 1.13. The van der Waals surface area contributed by atoms with E-state index in [1.54, 1.807) is 0 Å². The van der Waals surface area contributed by atoms with Crippen LogP contribution in [0.1, 0.15) is 44.9 Å². The van der Waals surface area contributed by atoms with Gasteiger partial charge in [0, 0.05) is 38.5 Å². The van der Waals surface area contributed by atoms with E-state index in [-0.39, 0.29) is 0 Å². The molecular weight excluding hydrogens is 286 g/mol. The average Bonchev–Trinajstić information content (AvgIpc) is 3.35. The van der Waals surface area contributed by atoms with Gasteiger partial charge in [-0.3, -0.25) is 4.99 Å². The molecule has 0 amide bonds. The lowest BCUT2D eigenvalue weighted by Gasteiger charge is -2.25. The third-order valence-electron chi connectivity index (χ3n) is 7.65. The molecule has 0 aromatic carbocycles. The van der Waals surface area contributed by atoms with Crippen molar-refractivity contribution in [3.8, 4) is 0 Å². The Bertz CT molecular complexity index is 475. The summed E-state index contributed by atoms with van der Waals surface area (Å²) in [5.74, 6) is 5.76. The Morgan fingerprint density at radius 3 is 2.48 bits per heavy atom. The fourth-order valence-electron chi connectivity index (χ4n) is 6.56. The molecule has 2 saturated carbocycles. The monoisotopic (exact) mass is 317 g/mol. The van der Waals surface area contributed by atoms with Crippen LogP contribution in [-0.2, 0) is 4.74 Å². The van der Waals surface area contributed by atoms with E-state index >= 15 is 0 Å². The highest BCUT2D eigenvalue weighted by atomic mass is 16.5. The second kappa shape index (κ2) is 5.65. The summed E-state index contributed by atoms with van der Waals surface area (Å²) in [6, 6.07) is 0. The summed E-state index contributed by atoms with van der Waals surface area (Å²) in [7, 11) is 1.94. The van der Waals surface area contributed by atoms with Gasteiger partial charge in [-0.05, 0) is 56.3 Å². The van der Waals surface area contributed by atoms with Crippen LogP contribution in [0.15, 0.2) is 4.99 Å². The molecule has 1 N–H and O–H groups in total. The molecule has 0 aromatic heterocycles. The summed E-state index contributed by atoms with van der Waals surface area (Å²) in [6.45, 7) is 3.41. The van der Waals surface area contributed by atoms with E-state index in [9.17, 15) is 0 Å². The Morgan fingerprint density at radius 1 is 1.09 bits per heavy atom. The van der Waals surface area contributed by atoms with Gasteiger partial charge in [-0.15, -0.1) is 0 Å². The number of likely N-dealkylation sites (tertiary alicyclic amines) is 1. The van der Waals surface area contributed by atoms with Crippen molar-refractivity contribution < 1.29 is 4.74 Å². The topological polar surface area (TPSA) is 36.9 Å². The van der Waals surface area contributed by atoms with Crippen LogP contribution in [0.2, 0.25) is 0 Å². The normalized spacial score (nSPS) is 47.6. The second-order valence-electron chi connectivity index (χ2n) is 8.72. The number of ether oxygens (including phenoxy) is 1. The SMILES string of the molecule is CN=C(NCCC1CC2CCC1C2)N1CC2C3CCC(O3)C2C1. The summed E-state index contributed by atoms with van der Waals surface area (Å²) in [5.41, 5.74) is 0. The van der Waals surface area contributed by atoms with Gasteiger partial charge in [0.05, 0.1) is 12.2 Å². The number of aliphatic imine (C=N–C) groups is 1. The zero-order valence-electron chi connectivity index (χ0n) is 14.4. The molecule has 5 fully saturated rings. The van der Waals surface area contributed by atoms with Gasteiger partial charge in [0.15, 0.2) is 5.96 Å². The molecule has 7 atom stereocenters. The molecule has 128 valence electrons. The molecule has 2 aliphatic carbocycles. The number of rotatable bonds is 3. The zero-order valence-corrected chi connectivity index (χ0v) is 14.4. The minimum absolute atomic E-state index is 0.544. The number of guanidine groups is 1. The van der Waals surface area contributed by atoms with Crippen LogP contribution in [0, 0.1) is 29.6 Å². The fraction of sp³-hybridized carbons (Fsp3) is 0.947. The Morgan fingerprint density at radius 2 is 1.87 bits per heavy atom. The first-order valence-electron chi connectivity index (χ1n) is 9.93. The largest absolute Gasteiger partial charge is 0.374 e. The molecule has 0 aromatic rings. The smallest absolute Gasteiger partial charge is 0.193 e. The zero-order chi connectivity index (χ0) is 15.4. The fourth-order valence-corrected chi connectivity index (χ4v) is 6.56. The van der Waals surface area contributed by atoms with Gasteiger partial charge in [-0.1, -0.05) is 6.42 Å². The summed E-state index contributed by atoms with van der Waals surface area (Å²) in [6.07, 6.45) is 11.0.